The summed E-state index contributed by atoms with van der Waals surface area (Å²) >= 11 is 1.52. The molecular weight excluding hydrogens is 452 g/mol. The van der Waals surface area contributed by atoms with Crippen LogP contribution in [0.4, 0.5) is 10.5 Å². The number of aryl methyl sites for hydroxylation is 1. The maximum Gasteiger partial charge on any atom is 0.413 e. The molecule has 1 aromatic heterocycles. The monoisotopic (exact) mass is 484 g/mol. The lowest BCUT2D eigenvalue weighted by Gasteiger charge is -2.46. The van der Waals surface area contributed by atoms with Crippen LogP contribution in [0.1, 0.15) is 75.0 Å². The molecule has 1 aromatic carbocycles. The van der Waals surface area contributed by atoms with Gasteiger partial charge in [0.05, 0.1) is 5.54 Å². The Labute approximate surface area is 204 Å². The molecule has 1 unspecified atom stereocenters. The zero-order chi connectivity index (χ0) is 24.7. The first-order chi connectivity index (χ1) is 15.8. The van der Waals surface area contributed by atoms with Crippen molar-refractivity contribution in [2.45, 2.75) is 71.9 Å². The molecule has 1 aliphatic carbocycles. The maximum atomic E-state index is 12.6. The van der Waals surface area contributed by atoms with Crippen molar-refractivity contribution >= 4 is 34.6 Å². The Hall–Kier alpha value is -2.81. The second kappa shape index (κ2) is 8.76. The van der Waals surface area contributed by atoms with Gasteiger partial charge in [-0.1, -0.05) is 31.7 Å². The maximum absolute atomic E-state index is 12.6. The number of hydrogen-bond acceptors (Lipinski definition) is 7. The van der Waals surface area contributed by atoms with Crippen LogP contribution in [0.3, 0.4) is 0 Å². The summed E-state index contributed by atoms with van der Waals surface area (Å²) in [5.41, 5.74) is 2.18. The van der Waals surface area contributed by atoms with Gasteiger partial charge in [0.2, 0.25) is 0 Å². The van der Waals surface area contributed by atoms with E-state index in [1.54, 1.807) is 6.92 Å². The number of anilines is 1. The summed E-state index contributed by atoms with van der Waals surface area (Å²) in [6, 6.07) is 6.00. The molecule has 4 rings (SSSR count). The van der Waals surface area contributed by atoms with Crippen molar-refractivity contribution in [3.05, 3.63) is 47.2 Å². The summed E-state index contributed by atoms with van der Waals surface area (Å²) in [5, 5.41) is 6.33. The Kier molecular flexibility index (Phi) is 6.27. The number of nitrogens with zero attached hydrogens (tertiary/aromatic N) is 2. The van der Waals surface area contributed by atoms with E-state index in [0.717, 1.165) is 30.6 Å². The van der Waals surface area contributed by atoms with E-state index in [1.807, 2.05) is 32.9 Å². The number of carbonyl (C=O) groups excluding carboxylic acids is 2. The molecular formula is C25H32N4O4S. The van der Waals surface area contributed by atoms with E-state index in [4.69, 9.17) is 14.1 Å². The lowest BCUT2D eigenvalue weighted by atomic mass is 9.64. The number of rotatable bonds is 2. The highest BCUT2D eigenvalue weighted by molar-refractivity contribution is 8.13. The number of hydrogen-bond donors (Lipinski definition) is 2. The van der Waals surface area contributed by atoms with Crippen LogP contribution in [0.2, 0.25) is 0 Å². The van der Waals surface area contributed by atoms with Crippen LogP contribution in [-0.2, 0) is 16.7 Å². The number of aliphatic imine (C=N–C) groups is 1. The number of aromatic nitrogens is 1. The summed E-state index contributed by atoms with van der Waals surface area (Å²) in [5.74, 6) is 0.937. The molecule has 0 saturated carbocycles. The molecule has 0 bridgehead atoms. The molecule has 0 saturated heterocycles. The van der Waals surface area contributed by atoms with Crippen LogP contribution in [0.25, 0.3) is 0 Å². The third-order valence-electron chi connectivity index (χ3n) is 5.84. The predicted octanol–water partition coefficient (Wildman–Crippen LogP) is 5.42. The molecule has 2 amide bonds. The van der Waals surface area contributed by atoms with E-state index in [2.05, 4.69) is 35.5 Å². The highest BCUT2D eigenvalue weighted by Crippen LogP contribution is 2.51. The van der Waals surface area contributed by atoms with Crippen molar-refractivity contribution in [3.8, 4) is 0 Å². The number of oxazole rings is 1. The molecule has 0 fully saturated rings. The quantitative estimate of drug-likeness (QED) is 0.589. The molecule has 2 N–H and O–H groups in total. The molecule has 8 nitrogen and oxygen atoms in total. The fourth-order valence-corrected chi connectivity index (χ4v) is 5.77. The topological polar surface area (TPSA) is 106 Å². The molecule has 0 radical (unpaired) electrons. The van der Waals surface area contributed by atoms with E-state index in [0.29, 0.717) is 16.7 Å². The molecule has 1 spiro atoms. The molecule has 34 heavy (non-hydrogen) atoms. The average molecular weight is 485 g/mol. The summed E-state index contributed by atoms with van der Waals surface area (Å²) < 4.78 is 10.6. The summed E-state index contributed by atoms with van der Waals surface area (Å²) in [7, 11) is 0. The third-order valence-corrected chi connectivity index (χ3v) is 6.71. The third kappa shape index (κ3) is 5.46. The van der Waals surface area contributed by atoms with E-state index < -0.39 is 17.2 Å². The number of carbonyl (C=O) groups is 2. The predicted molar refractivity (Wildman–Crippen MR) is 133 cm³/mol. The van der Waals surface area contributed by atoms with Crippen molar-refractivity contribution in [1.82, 2.24) is 10.3 Å². The van der Waals surface area contributed by atoms with Gasteiger partial charge >= 0.3 is 6.09 Å². The van der Waals surface area contributed by atoms with Crippen molar-refractivity contribution in [3.63, 3.8) is 0 Å². The van der Waals surface area contributed by atoms with E-state index in [1.165, 1.54) is 23.6 Å². The number of benzene rings is 1. The summed E-state index contributed by atoms with van der Waals surface area (Å²) in [4.78, 5) is 34.2. The number of amidine groups is 1. The van der Waals surface area contributed by atoms with Crippen LogP contribution in [0.5, 0.6) is 0 Å². The van der Waals surface area contributed by atoms with Gasteiger partial charge in [0.25, 0.3) is 5.91 Å². The van der Waals surface area contributed by atoms with Gasteiger partial charge in [0.1, 0.15) is 11.9 Å². The Bertz CT molecular complexity index is 1150. The van der Waals surface area contributed by atoms with Gasteiger partial charge in [0.15, 0.2) is 16.8 Å². The van der Waals surface area contributed by atoms with E-state index in [9.17, 15) is 9.59 Å². The largest absolute Gasteiger partial charge is 0.448 e. The lowest BCUT2D eigenvalue weighted by Crippen LogP contribution is -2.43. The second-order valence-corrected chi connectivity index (χ2v) is 11.9. The van der Waals surface area contributed by atoms with Crippen LogP contribution in [0.15, 0.2) is 33.9 Å². The Balaban J connectivity index is 1.66. The smallest absolute Gasteiger partial charge is 0.413 e. The van der Waals surface area contributed by atoms with Crippen molar-refractivity contribution in [2.75, 3.05) is 11.1 Å². The zero-order valence-electron chi connectivity index (χ0n) is 20.6. The van der Waals surface area contributed by atoms with Gasteiger partial charge in [-0.3, -0.25) is 15.1 Å². The van der Waals surface area contributed by atoms with Crippen molar-refractivity contribution in [1.29, 1.82) is 0 Å². The SMILES string of the molecule is Cc1nc(C(=O)Nc2ccc3c(c2)C2(CCSC(NC(=O)OC(C)(C)C)=N2)CC(C)(C)C3)co1. The molecule has 2 aliphatic rings. The van der Waals surface area contributed by atoms with Gasteiger partial charge in [-0.25, -0.2) is 9.78 Å². The van der Waals surface area contributed by atoms with E-state index in [-0.39, 0.29) is 17.0 Å². The highest BCUT2D eigenvalue weighted by Gasteiger charge is 2.45. The van der Waals surface area contributed by atoms with Crippen molar-refractivity contribution in [2.24, 2.45) is 10.4 Å². The molecule has 2 heterocycles. The first-order valence-corrected chi connectivity index (χ1v) is 12.4. The second-order valence-electron chi connectivity index (χ2n) is 10.8. The molecule has 1 aliphatic heterocycles. The molecule has 182 valence electrons. The van der Waals surface area contributed by atoms with Crippen LogP contribution < -0.4 is 10.6 Å². The minimum atomic E-state index is -0.587. The number of alkyl carbamates (subject to hydrolysis) is 1. The van der Waals surface area contributed by atoms with Gasteiger partial charge in [-0.2, -0.15) is 0 Å². The Morgan fingerprint density at radius 3 is 2.65 bits per heavy atom. The highest BCUT2D eigenvalue weighted by atomic mass is 32.2. The number of thioether (sulfide) groups is 1. The molecule has 1 atom stereocenters. The van der Waals surface area contributed by atoms with Crippen LogP contribution in [-0.4, -0.2) is 33.5 Å². The summed E-state index contributed by atoms with van der Waals surface area (Å²) in [6.45, 7) is 11.7. The minimum Gasteiger partial charge on any atom is -0.448 e. The minimum absolute atomic E-state index is 0.0402. The average Bonchev–Trinajstić information content (AvgIpc) is 3.13. The van der Waals surface area contributed by atoms with E-state index >= 15 is 0 Å². The Morgan fingerprint density at radius 2 is 1.97 bits per heavy atom. The zero-order valence-corrected chi connectivity index (χ0v) is 21.4. The fraction of sp³-hybridized carbons (Fsp3) is 0.520. The first-order valence-electron chi connectivity index (χ1n) is 11.4. The Morgan fingerprint density at radius 1 is 1.21 bits per heavy atom. The number of nitrogens with one attached hydrogen (secondary N) is 2. The van der Waals surface area contributed by atoms with Gasteiger partial charge < -0.3 is 14.5 Å². The van der Waals surface area contributed by atoms with Crippen molar-refractivity contribution < 1.29 is 18.7 Å². The number of amides is 2. The summed E-state index contributed by atoms with van der Waals surface area (Å²) in [6.07, 6.45) is 3.44. The van der Waals surface area contributed by atoms with Gasteiger partial charge in [0, 0.05) is 18.4 Å². The van der Waals surface area contributed by atoms with Gasteiger partial charge in [-0.05, 0) is 68.7 Å². The number of ether oxygens (including phenoxy) is 1. The number of fused-ring (bicyclic) bond motifs is 2. The van der Waals surface area contributed by atoms with Gasteiger partial charge in [-0.15, -0.1) is 0 Å². The van der Waals surface area contributed by atoms with Crippen LogP contribution in [0, 0.1) is 12.3 Å². The standard InChI is InChI=1S/C25H32N4O4S/c1-15-26-19(13-32-15)20(30)27-17-8-7-16-12-24(5,6)14-25(18(16)11-17)9-10-34-21(29-25)28-22(31)33-23(2,3)4/h7-8,11,13H,9-10,12,14H2,1-6H3,(H,27,30)(H,28,29,31). The molecule has 9 heteroatoms. The fourth-order valence-electron chi connectivity index (χ4n) is 4.75. The normalized spacial score (nSPS) is 21.4. The first kappa shape index (κ1) is 24.3. The van der Waals surface area contributed by atoms with Crippen LogP contribution >= 0.6 is 11.8 Å². The molecule has 2 aromatic rings. The lowest BCUT2D eigenvalue weighted by molar-refractivity contribution is 0.0563.